The van der Waals surface area contributed by atoms with E-state index in [9.17, 15) is 0 Å². The molecule has 2 aliphatic rings. The molecule has 0 saturated heterocycles. The Labute approximate surface area is 98.0 Å². The molecule has 1 heteroatoms. The molecule has 0 aromatic heterocycles. The van der Waals surface area contributed by atoms with E-state index in [0.717, 1.165) is 0 Å². The Bertz CT molecular complexity index is 398. The normalized spacial score (nSPS) is 37.6. The highest BCUT2D eigenvalue weighted by molar-refractivity contribution is 5.39. The van der Waals surface area contributed by atoms with Crippen LogP contribution >= 0.6 is 0 Å². The summed E-state index contributed by atoms with van der Waals surface area (Å²) in [6, 6.07) is 8.85. The molecular weight excluding hydrogens is 194 g/mol. The van der Waals surface area contributed by atoms with Gasteiger partial charge < -0.3 is 5.73 Å². The summed E-state index contributed by atoms with van der Waals surface area (Å²) in [4.78, 5) is 0. The van der Waals surface area contributed by atoms with Gasteiger partial charge in [-0.15, -0.1) is 0 Å². The van der Waals surface area contributed by atoms with Gasteiger partial charge in [0, 0.05) is 5.54 Å². The smallest absolute Gasteiger partial charge is 0.0441 e. The van der Waals surface area contributed by atoms with Gasteiger partial charge in [-0.1, -0.05) is 44.0 Å². The lowest BCUT2D eigenvalue weighted by Gasteiger charge is -2.48. The molecule has 0 spiro atoms. The van der Waals surface area contributed by atoms with E-state index in [1.807, 2.05) is 0 Å². The van der Waals surface area contributed by atoms with Crippen LogP contribution in [-0.2, 0) is 5.54 Å². The SMILES string of the molecule is CC1C[C@@H]2CCCC[C@]2(N)c2ccccc21. The highest BCUT2D eigenvalue weighted by Gasteiger charge is 2.44. The molecule has 2 N–H and O–H groups in total. The maximum absolute atomic E-state index is 6.74. The highest BCUT2D eigenvalue weighted by atomic mass is 14.8. The van der Waals surface area contributed by atoms with E-state index in [4.69, 9.17) is 5.73 Å². The molecule has 1 aromatic rings. The predicted molar refractivity (Wildman–Crippen MR) is 67.3 cm³/mol. The van der Waals surface area contributed by atoms with Gasteiger partial charge in [-0.2, -0.15) is 0 Å². The van der Waals surface area contributed by atoms with Gasteiger partial charge in [0.15, 0.2) is 0 Å². The third kappa shape index (κ3) is 1.34. The van der Waals surface area contributed by atoms with Gasteiger partial charge in [0.1, 0.15) is 0 Å². The Morgan fingerprint density at radius 2 is 2.06 bits per heavy atom. The molecule has 3 rings (SSSR count). The summed E-state index contributed by atoms with van der Waals surface area (Å²) in [6.45, 7) is 2.35. The topological polar surface area (TPSA) is 26.0 Å². The molecule has 3 atom stereocenters. The lowest BCUT2D eigenvalue weighted by Crippen LogP contribution is -2.49. The summed E-state index contributed by atoms with van der Waals surface area (Å²) in [6.07, 6.45) is 6.47. The van der Waals surface area contributed by atoms with E-state index in [1.54, 1.807) is 0 Å². The van der Waals surface area contributed by atoms with Gasteiger partial charge in [0.2, 0.25) is 0 Å². The lowest BCUT2D eigenvalue weighted by molar-refractivity contribution is 0.154. The quantitative estimate of drug-likeness (QED) is 0.704. The van der Waals surface area contributed by atoms with E-state index in [0.29, 0.717) is 11.8 Å². The fraction of sp³-hybridized carbons (Fsp3) is 0.600. The van der Waals surface area contributed by atoms with E-state index in [-0.39, 0.29) is 5.54 Å². The number of rotatable bonds is 0. The first-order valence-electron chi connectivity index (χ1n) is 6.60. The van der Waals surface area contributed by atoms with Gasteiger partial charge in [0.25, 0.3) is 0 Å². The van der Waals surface area contributed by atoms with Crippen molar-refractivity contribution in [3.8, 4) is 0 Å². The second-order valence-electron chi connectivity index (χ2n) is 5.71. The first kappa shape index (κ1) is 10.3. The second-order valence-corrected chi connectivity index (χ2v) is 5.71. The van der Waals surface area contributed by atoms with E-state index in [2.05, 4.69) is 31.2 Å². The zero-order valence-corrected chi connectivity index (χ0v) is 10.1. The van der Waals surface area contributed by atoms with Crippen LogP contribution in [0.1, 0.15) is 56.1 Å². The Kier molecular flexibility index (Phi) is 2.32. The highest BCUT2D eigenvalue weighted by Crippen LogP contribution is 2.50. The van der Waals surface area contributed by atoms with Crippen molar-refractivity contribution in [2.24, 2.45) is 11.7 Å². The Morgan fingerprint density at radius 3 is 2.94 bits per heavy atom. The van der Waals surface area contributed by atoms with Crippen molar-refractivity contribution in [1.82, 2.24) is 0 Å². The fourth-order valence-electron chi connectivity index (χ4n) is 3.86. The van der Waals surface area contributed by atoms with E-state index in [1.165, 1.54) is 43.2 Å². The summed E-state index contributed by atoms with van der Waals surface area (Å²) in [5, 5.41) is 0. The van der Waals surface area contributed by atoms with E-state index < -0.39 is 0 Å². The molecule has 86 valence electrons. The second kappa shape index (κ2) is 3.59. The van der Waals surface area contributed by atoms with Crippen molar-refractivity contribution in [1.29, 1.82) is 0 Å². The standard InChI is InChI=1S/C15H21N/c1-11-10-12-6-4-5-9-15(12,16)14-8-3-2-7-13(11)14/h2-3,7-8,11-12H,4-6,9-10,16H2,1H3/t11?,12-,15+/m0/s1. The number of hydrogen-bond acceptors (Lipinski definition) is 1. The monoisotopic (exact) mass is 215 g/mol. The molecule has 16 heavy (non-hydrogen) atoms. The van der Waals surface area contributed by atoms with Crippen LogP contribution in [0.2, 0.25) is 0 Å². The Hall–Kier alpha value is -0.820. The average molecular weight is 215 g/mol. The molecule has 1 fully saturated rings. The van der Waals surface area contributed by atoms with Gasteiger partial charge in [-0.25, -0.2) is 0 Å². The molecule has 1 saturated carbocycles. The van der Waals surface area contributed by atoms with Crippen molar-refractivity contribution in [2.75, 3.05) is 0 Å². The molecule has 1 nitrogen and oxygen atoms in total. The summed E-state index contributed by atoms with van der Waals surface area (Å²) in [5.41, 5.74) is 9.67. The number of fused-ring (bicyclic) bond motifs is 3. The summed E-state index contributed by atoms with van der Waals surface area (Å²) in [7, 11) is 0. The van der Waals surface area contributed by atoms with Crippen LogP contribution in [0.3, 0.4) is 0 Å². The lowest BCUT2D eigenvalue weighted by atomic mass is 9.61. The summed E-state index contributed by atoms with van der Waals surface area (Å²) in [5.74, 6) is 1.40. The molecule has 2 aliphatic carbocycles. The van der Waals surface area contributed by atoms with Crippen molar-refractivity contribution >= 4 is 0 Å². The molecule has 0 bridgehead atoms. The van der Waals surface area contributed by atoms with Crippen LogP contribution in [0.5, 0.6) is 0 Å². The summed E-state index contributed by atoms with van der Waals surface area (Å²) >= 11 is 0. The van der Waals surface area contributed by atoms with Gasteiger partial charge in [-0.3, -0.25) is 0 Å². The van der Waals surface area contributed by atoms with Gasteiger partial charge in [-0.05, 0) is 42.2 Å². The minimum absolute atomic E-state index is 0.0125. The minimum atomic E-state index is -0.0125. The van der Waals surface area contributed by atoms with Crippen LogP contribution < -0.4 is 5.73 Å². The van der Waals surface area contributed by atoms with Gasteiger partial charge >= 0.3 is 0 Å². The zero-order valence-electron chi connectivity index (χ0n) is 10.1. The van der Waals surface area contributed by atoms with Crippen LogP contribution in [0.15, 0.2) is 24.3 Å². The molecular formula is C15H21N. The number of nitrogens with two attached hydrogens (primary N) is 1. The first-order valence-corrected chi connectivity index (χ1v) is 6.60. The fourth-order valence-corrected chi connectivity index (χ4v) is 3.86. The summed E-state index contributed by atoms with van der Waals surface area (Å²) < 4.78 is 0. The van der Waals surface area contributed by atoms with Crippen LogP contribution in [0.25, 0.3) is 0 Å². The largest absolute Gasteiger partial charge is 0.321 e. The van der Waals surface area contributed by atoms with Gasteiger partial charge in [0.05, 0.1) is 0 Å². The van der Waals surface area contributed by atoms with Crippen molar-refractivity contribution in [3.05, 3.63) is 35.4 Å². The first-order chi connectivity index (χ1) is 7.72. The van der Waals surface area contributed by atoms with Crippen LogP contribution in [0.4, 0.5) is 0 Å². The molecule has 0 amide bonds. The predicted octanol–water partition coefficient (Wildman–Crippen LogP) is 3.54. The Balaban J connectivity index is 2.12. The zero-order chi connectivity index (χ0) is 11.2. The van der Waals surface area contributed by atoms with Crippen LogP contribution in [0, 0.1) is 5.92 Å². The molecule has 0 aliphatic heterocycles. The van der Waals surface area contributed by atoms with Crippen LogP contribution in [-0.4, -0.2) is 0 Å². The third-order valence-electron chi connectivity index (χ3n) is 4.75. The molecule has 0 radical (unpaired) electrons. The average Bonchev–Trinajstić information content (AvgIpc) is 2.31. The van der Waals surface area contributed by atoms with Crippen molar-refractivity contribution in [3.63, 3.8) is 0 Å². The molecule has 1 aromatic carbocycles. The third-order valence-corrected chi connectivity index (χ3v) is 4.75. The van der Waals surface area contributed by atoms with Crippen molar-refractivity contribution < 1.29 is 0 Å². The van der Waals surface area contributed by atoms with E-state index >= 15 is 0 Å². The number of hydrogen-bond donors (Lipinski definition) is 1. The Morgan fingerprint density at radius 1 is 1.25 bits per heavy atom. The number of benzene rings is 1. The van der Waals surface area contributed by atoms with Crippen molar-refractivity contribution in [2.45, 2.75) is 50.5 Å². The molecule has 0 heterocycles. The maximum Gasteiger partial charge on any atom is 0.0441 e. The molecule has 1 unspecified atom stereocenters. The minimum Gasteiger partial charge on any atom is -0.321 e. The maximum atomic E-state index is 6.74.